The Morgan fingerprint density at radius 1 is 1.18 bits per heavy atom. The molecule has 1 rings (SSSR count). The molecule has 0 unspecified atom stereocenters. The fraction of sp³-hybridized carbons (Fsp3) is 0.652. The first kappa shape index (κ1) is 25.2. The summed E-state index contributed by atoms with van der Waals surface area (Å²) in [5.74, 6) is 0. The summed E-state index contributed by atoms with van der Waals surface area (Å²) in [6, 6.07) is 0. The Kier molecular flexibility index (Phi) is 11.4. The maximum atomic E-state index is 5.79. The Bertz CT molecular complexity index is 609. The van der Waals surface area contributed by atoms with Gasteiger partial charge in [0, 0.05) is 4.91 Å². The first-order chi connectivity index (χ1) is 13.2. The molecule has 1 aliphatic carbocycles. The molecule has 0 bridgehead atoms. The molecule has 0 saturated heterocycles. The Labute approximate surface area is 177 Å². The number of allylic oxidation sites excluding steroid dienone is 5. The van der Waals surface area contributed by atoms with Crippen LogP contribution in [0.1, 0.15) is 81.1 Å². The number of nitrogens with zero attached hydrogens (tertiary/aromatic N) is 1. The predicted octanol–water partition coefficient (Wildman–Crippen LogP) is 6.85. The van der Waals surface area contributed by atoms with Gasteiger partial charge in [-0.15, -0.1) is 5.59 Å². The molecule has 0 aromatic heterocycles. The summed E-state index contributed by atoms with van der Waals surface area (Å²) in [5.41, 5.74) is 8.24. The topological polar surface area (TPSA) is 33.7 Å². The zero-order valence-corrected chi connectivity index (χ0v) is 20.0. The van der Waals surface area contributed by atoms with E-state index in [1.807, 2.05) is 32.5 Å². The minimum absolute atomic E-state index is 0.276. The van der Waals surface area contributed by atoms with E-state index in [1.54, 1.807) is 5.17 Å². The second kappa shape index (κ2) is 12.7. The normalized spacial score (nSPS) is 15.5. The maximum Gasteiger partial charge on any atom is 0.0830 e. The molecule has 28 heavy (non-hydrogen) atoms. The molecule has 5 heteroatoms. The summed E-state index contributed by atoms with van der Waals surface area (Å²) < 4.78 is 0. The zero-order chi connectivity index (χ0) is 21.2. The smallest absolute Gasteiger partial charge is 0.0830 e. The van der Waals surface area contributed by atoms with Gasteiger partial charge >= 0.3 is 0 Å². The van der Waals surface area contributed by atoms with Crippen LogP contribution in [0.15, 0.2) is 44.8 Å². The van der Waals surface area contributed by atoms with E-state index in [0.29, 0.717) is 13.2 Å². The van der Waals surface area contributed by atoms with Crippen LogP contribution in [0.5, 0.6) is 0 Å². The first-order valence-electron chi connectivity index (χ1n) is 10.4. The van der Waals surface area contributed by atoms with Gasteiger partial charge < -0.3 is 0 Å². The zero-order valence-electron chi connectivity index (χ0n) is 19.1. The standard InChI is InChI=1S/C23H40N2O2S/c1-9-15-26-25(24-27-23(6,7)8)16-20-11-13-21(14-12-20)22(18(3)4)28-17-19(5)10-2/h11,13,17,24H,9-10,12,14-16H2,1-8H3/b19-17+. The molecule has 0 aliphatic heterocycles. The third-order valence-corrected chi connectivity index (χ3v) is 5.60. The Balaban J connectivity index is 2.81. The minimum atomic E-state index is -0.276. The average Bonchev–Trinajstić information content (AvgIpc) is 2.64. The summed E-state index contributed by atoms with van der Waals surface area (Å²) in [7, 11) is 0. The predicted molar refractivity (Wildman–Crippen MR) is 122 cm³/mol. The monoisotopic (exact) mass is 408 g/mol. The number of thioether (sulfide) groups is 1. The molecule has 0 atom stereocenters. The van der Waals surface area contributed by atoms with Crippen molar-refractivity contribution < 1.29 is 9.68 Å². The molecule has 0 fully saturated rings. The highest BCUT2D eigenvalue weighted by Crippen LogP contribution is 2.35. The van der Waals surface area contributed by atoms with E-state index in [1.165, 1.54) is 27.2 Å². The molecule has 4 nitrogen and oxygen atoms in total. The van der Waals surface area contributed by atoms with Crippen LogP contribution < -0.4 is 5.59 Å². The maximum absolute atomic E-state index is 5.79. The van der Waals surface area contributed by atoms with E-state index in [-0.39, 0.29) is 5.60 Å². The van der Waals surface area contributed by atoms with E-state index >= 15 is 0 Å². The van der Waals surface area contributed by atoms with Crippen molar-refractivity contribution in [3.8, 4) is 0 Å². The molecule has 0 aromatic rings. The van der Waals surface area contributed by atoms with Gasteiger partial charge in [-0.05, 0) is 78.2 Å². The molecule has 1 aliphatic rings. The van der Waals surface area contributed by atoms with E-state index in [0.717, 1.165) is 25.7 Å². The van der Waals surface area contributed by atoms with E-state index in [9.17, 15) is 0 Å². The van der Waals surface area contributed by atoms with Crippen molar-refractivity contribution in [3.63, 3.8) is 0 Å². The third kappa shape index (κ3) is 10.1. The Morgan fingerprint density at radius 3 is 2.39 bits per heavy atom. The molecule has 160 valence electrons. The molecule has 0 saturated carbocycles. The van der Waals surface area contributed by atoms with Gasteiger partial charge in [0.05, 0.1) is 18.8 Å². The summed E-state index contributed by atoms with van der Waals surface area (Å²) in [5, 5.41) is 4.00. The number of hydroxylamine groups is 1. The van der Waals surface area contributed by atoms with Crippen LogP contribution in [0.25, 0.3) is 0 Å². The van der Waals surface area contributed by atoms with Gasteiger partial charge in [-0.2, -0.15) is 0 Å². The number of rotatable bonds is 11. The highest BCUT2D eigenvalue weighted by molar-refractivity contribution is 8.06. The second-order valence-electron chi connectivity index (χ2n) is 8.46. The second-order valence-corrected chi connectivity index (χ2v) is 9.34. The highest BCUT2D eigenvalue weighted by atomic mass is 32.2. The summed E-state index contributed by atoms with van der Waals surface area (Å²) in [6.07, 6.45) is 8.65. The SMILES string of the molecule is CCCON(CC1=CC=C(C(S/C=C(\C)CC)=C(C)C)CC1)NOC(C)(C)C. The van der Waals surface area contributed by atoms with E-state index in [2.05, 4.69) is 57.8 Å². The van der Waals surface area contributed by atoms with Crippen molar-refractivity contribution in [2.24, 2.45) is 0 Å². The molecule has 0 radical (unpaired) electrons. The lowest BCUT2D eigenvalue weighted by atomic mass is 9.97. The van der Waals surface area contributed by atoms with Crippen molar-refractivity contribution in [1.82, 2.24) is 10.8 Å². The molecule has 0 amide bonds. The fourth-order valence-electron chi connectivity index (χ4n) is 2.44. The summed E-state index contributed by atoms with van der Waals surface area (Å²) in [4.78, 5) is 12.9. The average molecular weight is 409 g/mol. The van der Waals surface area contributed by atoms with E-state index in [4.69, 9.17) is 9.68 Å². The van der Waals surface area contributed by atoms with Crippen molar-refractivity contribution in [2.45, 2.75) is 86.7 Å². The van der Waals surface area contributed by atoms with Gasteiger partial charge in [-0.3, -0.25) is 9.68 Å². The van der Waals surface area contributed by atoms with Gasteiger partial charge in [-0.25, -0.2) is 0 Å². The minimum Gasteiger partial charge on any atom is -0.282 e. The third-order valence-electron chi connectivity index (χ3n) is 4.17. The Hall–Kier alpha value is -0.850. The van der Waals surface area contributed by atoms with Crippen LogP contribution in [-0.2, 0) is 9.68 Å². The lowest BCUT2D eigenvalue weighted by Crippen LogP contribution is -2.43. The molecule has 0 spiro atoms. The van der Waals surface area contributed by atoms with Gasteiger partial charge in [0.2, 0.25) is 0 Å². The van der Waals surface area contributed by atoms with Gasteiger partial charge in [0.15, 0.2) is 0 Å². The Morgan fingerprint density at radius 2 is 1.89 bits per heavy atom. The molecular formula is C23H40N2O2S. The van der Waals surface area contributed by atoms with E-state index < -0.39 is 0 Å². The lowest BCUT2D eigenvalue weighted by molar-refractivity contribution is -0.291. The van der Waals surface area contributed by atoms with Crippen LogP contribution in [0.4, 0.5) is 0 Å². The van der Waals surface area contributed by atoms with Gasteiger partial charge in [0.1, 0.15) is 0 Å². The number of hydrogen-bond acceptors (Lipinski definition) is 5. The fourth-order valence-corrected chi connectivity index (χ4v) is 3.48. The largest absolute Gasteiger partial charge is 0.282 e. The quantitative estimate of drug-likeness (QED) is 0.378. The number of nitrogens with one attached hydrogen (secondary N) is 1. The molecule has 0 heterocycles. The number of hydrazine groups is 1. The molecular weight excluding hydrogens is 368 g/mol. The van der Waals surface area contributed by atoms with Crippen molar-refractivity contribution >= 4 is 11.8 Å². The number of hydrogen-bond donors (Lipinski definition) is 1. The van der Waals surface area contributed by atoms with Crippen molar-refractivity contribution in [1.29, 1.82) is 0 Å². The van der Waals surface area contributed by atoms with Crippen LogP contribution in [0, 0.1) is 0 Å². The van der Waals surface area contributed by atoms with Crippen LogP contribution in [0.3, 0.4) is 0 Å². The first-order valence-corrected chi connectivity index (χ1v) is 11.3. The van der Waals surface area contributed by atoms with Crippen LogP contribution in [-0.4, -0.2) is 23.9 Å². The van der Waals surface area contributed by atoms with Crippen LogP contribution >= 0.6 is 11.8 Å². The van der Waals surface area contributed by atoms with Gasteiger partial charge in [0.25, 0.3) is 0 Å². The summed E-state index contributed by atoms with van der Waals surface area (Å²) >= 11 is 1.86. The van der Waals surface area contributed by atoms with Crippen molar-refractivity contribution in [2.75, 3.05) is 13.2 Å². The summed E-state index contributed by atoms with van der Waals surface area (Å²) in [6.45, 7) is 18.3. The van der Waals surface area contributed by atoms with Crippen LogP contribution in [0.2, 0.25) is 0 Å². The molecule has 0 aromatic carbocycles. The van der Waals surface area contributed by atoms with Crippen molar-refractivity contribution in [3.05, 3.63) is 44.8 Å². The van der Waals surface area contributed by atoms with Gasteiger partial charge in [-0.1, -0.05) is 59.7 Å². The highest BCUT2D eigenvalue weighted by Gasteiger charge is 2.17. The lowest BCUT2D eigenvalue weighted by Gasteiger charge is -2.28. The molecule has 1 N–H and O–H groups in total.